The molecule has 2 amide bonds. The van der Waals surface area contributed by atoms with E-state index in [0.29, 0.717) is 12.2 Å². The highest BCUT2D eigenvalue weighted by atomic mass is 32.2. The summed E-state index contributed by atoms with van der Waals surface area (Å²) in [7, 11) is -2.70. The molecule has 0 aliphatic rings. The average Bonchev–Trinajstić information content (AvgIpc) is 2.94. The molecule has 0 heterocycles. The third kappa shape index (κ3) is 7.57. The van der Waals surface area contributed by atoms with Gasteiger partial charge in [-0.3, -0.25) is 13.9 Å². The molecule has 8 nitrogen and oxygen atoms in total. The van der Waals surface area contributed by atoms with Gasteiger partial charge in [-0.2, -0.15) is 0 Å². The molecule has 0 unspecified atom stereocenters. The third-order valence-electron chi connectivity index (χ3n) is 6.40. The van der Waals surface area contributed by atoms with E-state index in [1.54, 1.807) is 68.6 Å². The van der Waals surface area contributed by atoms with Crippen LogP contribution in [-0.2, 0) is 26.2 Å². The highest BCUT2D eigenvalue weighted by molar-refractivity contribution is 7.92. The van der Waals surface area contributed by atoms with Crippen molar-refractivity contribution < 1.29 is 27.1 Å². The normalized spacial score (nSPS) is 12.7. The zero-order valence-corrected chi connectivity index (χ0v) is 23.3. The maximum Gasteiger partial charge on any atom is 0.264 e. The topological polar surface area (TPSA) is 96.0 Å². The van der Waals surface area contributed by atoms with Gasteiger partial charge in [0.1, 0.15) is 24.2 Å². The second kappa shape index (κ2) is 13.2. The number of nitrogens with zero attached hydrogens (tertiary/aromatic N) is 2. The molecule has 208 valence electrons. The molecule has 3 aromatic carbocycles. The number of methoxy groups -OCH3 is 1. The van der Waals surface area contributed by atoms with Crippen molar-refractivity contribution in [2.45, 2.75) is 50.7 Å². The number of carbonyl (C=O) groups excluding carboxylic acids is 2. The predicted octanol–water partition coefficient (Wildman–Crippen LogP) is 4.36. The maximum atomic E-state index is 13.8. The fourth-order valence-electron chi connectivity index (χ4n) is 3.83. The van der Waals surface area contributed by atoms with E-state index in [-0.39, 0.29) is 29.1 Å². The summed E-state index contributed by atoms with van der Waals surface area (Å²) in [6.45, 7) is 4.92. The van der Waals surface area contributed by atoms with Crippen LogP contribution >= 0.6 is 0 Å². The van der Waals surface area contributed by atoms with Crippen LogP contribution in [0.4, 0.5) is 10.1 Å². The van der Waals surface area contributed by atoms with Crippen molar-refractivity contribution in [3.05, 3.63) is 90.2 Å². The lowest BCUT2D eigenvalue weighted by molar-refractivity contribution is -0.139. The molecule has 2 atom stereocenters. The van der Waals surface area contributed by atoms with Gasteiger partial charge in [0.15, 0.2) is 0 Å². The SMILES string of the molecule is CC[C@@H](C)NC(=O)[C@H](C)N(Cc1ccc(OC)cc1)C(=O)CN(c1ccccc1)S(=O)(=O)c1ccc(F)cc1. The van der Waals surface area contributed by atoms with E-state index in [9.17, 15) is 22.4 Å². The minimum atomic E-state index is -4.25. The number of hydrogen-bond donors (Lipinski definition) is 1. The number of halogens is 1. The van der Waals surface area contributed by atoms with Crippen molar-refractivity contribution >= 4 is 27.5 Å². The van der Waals surface area contributed by atoms with E-state index in [2.05, 4.69) is 5.32 Å². The van der Waals surface area contributed by atoms with Gasteiger partial charge in [-0.1, -0.05) is 37.3 Å². The molecule has 0 radical (unpaired) electrons. The number of ether oxygens (including phenoxy) is 1. The quantitative estimate of drug-likeness (QED) is 0.358. The third-order valence-corrected chi connectivity index (χ3v) is 8.19. The molecular weight excluding hydrogens is 521 g/mol. The van der Waals surface area contributed by atoms with Gasteiger partial charge >= 0.3 is 0 Å². The molecule has 10 heteroatoms. The summed E-state index contributed by atoms with van der Waals surface area (Å²) < 4.78 is 47.0. The molecule has 3 aromatic rings. The van der Waals surface area contributed by atoms with E-state index < -0.39 is 34.3 Å². The van der Waals surface area contributed by atoms with Gasteiger partial charge in [0, 0.05) is 12.6 Å². The predicted molar refractivity (Wildman–Crippen MR) is 148 cm³/mol. The van der Waals surface area contributed by atoms with Crippen molar-refractivity contribution in [2.24, 2.45) is 0 Å². The van der Waals surface area contributed by atoms with Crippen molar-refractivity contribution in [1.82, 2.24) is 10.2 Å². The molecule has 1 N–H and O–H groups in total. The average molecular weight is 556 g/mol. The van der Waals surface area contributed by atoms with Crippen LogP contribution in [0.1, 0.15) is 32.8 Å². The maximum absolute atomic E-state index is 13.8. The number of anilines is 1. The minimum Gasteiger partial charge on any atom is -0.497 e. The number of hydrogen-bond acceptors (Lipinski definition) is 5. The molecule has 0 spiro atoms. The van der Waals surface area contributed by atoms with Crippen LogP contribution in [0.3, 0.4) is 0 Å². The lowest BCUT2D eigenvalue weighted by atomic mass is 10.1. The van der Waals surface area contributed by atoms with Crippen LogP contribution in [0.2, 0.25) is 0 Å². The molecule has 39 heavy (non-hydrogen) atoms. The highest BCUT2D eigenvalue weighted by Gasteiger charge is 2.32. The number of amides is 2. The minimum absolute atomic E-state index is 0.0666. The molecule has 0 bridgehead atoms. The Morgan fingerprint density at radius 2 is 1.56 bits per heavy atom. The first-order valence-electron chi connectivity index (χ1n) is 12.6. The Kier molecular flexibility index (Phi) is 10.1. The molecule has 0 aliphatic carbocycles. The molecule has 0 aromatic heterocycles. The van der Waals surface area contributed by atoms with E-state index >= 15 is 0 Å². The Hall–Kier alpha value is -3.92. The van der Waals surface area contributed by atoms with Crippen LogP contribution in [-0.4, -0.2) is 50.9 Å². The van der Waals surface area contributed by atoms with Gasteiger partial charge in [0.2, 0.25) is 11.8 Å². The van der Waals surface area contributed by atoms with Crippen LogP contribution in [0.25, 0.3) is 0 Å². The van der Waals surface area contributed by atoms with Crippen molar-refractivity contribution in [1.29, 1.82) is 0 Å². The summed E-state index contributed by atoms with van der Waals surface area (Å²) in [5, 5.41) is 2.89. The monoisotopic (exact) mass is 555 g/mol. The zero-order valence-electron chi connectivity index (χ0n) is 22.5. The van der Waals surface area contributed by atoms with Crippen molar-refractivity contribution in [2.75, 3.05) is 18.0 Å². The number of nitrogens with one attached hydrogen (secondary N) is 1. The number of rotatable bonds is 12. The lowest BCUT2D eigenvalue weighted by Crippen LogP contribution is -2.52. The van der Waals surface area contributed by atoms with Gasteiger partial charge in [0.25, 0.3) is 10.0 Å². The molecule has 0 saturated heterocycles. The van der Waals surface area contributed by atoms with Gasteiger partial charge < -0.3 is 15.0 Å². The zero-order chi connectivity index (χ0) is 28.6. The second-order valence-corrected chi connectivity index (χ2v) is 11.0. The lowest BCUT2D eigenvalue weighted by Gasteiger charge is -2.32. The van der Waals surface area contributed by atoms with Gasteiger partial charge in [-0.15, -0.1) is 0 Å². The van der Waals surface area contributed by atoms with Crippen molar-refractivity contribution in [3.63, 3.8) is 0 Å². The molecule has 0 fully saturated rings. The summed E-state index contributed by atoms with van der Waals surface area (Å²) >= 11 is 0. The summed E-state index contributed by atoms with van der Waals surface area (Å²) in [6.07, 6.45) is 0.711. The van der Waals surface area contributed by atoms with Gasteiger partial charge in [0.05, 0.1) is 17.7 Å². The molecular formula is C29H34FN3O5S. The largest absolute Gasteiger partial charge is 0.497 e. The summed E-state index contributed by atoms with van der Waals surface area (Å²) in [6, 6.07) is 18.7. The molecule has 3 rings (SSSR count). The van der Waals surface area contributed by atoms with Crippen LogP contribution in [0.15, 0.2) is 83.8 Å². The molecule has 0 saturated carbocycles. The second-order valence-electron chi connectivity index (χ2n) is 9.16. The fraction of sp³-hybridized carbons (Fsp3) is 0.310. The Labute approximate surface area is 229 Å². The molecule has 0 aliphatic heterocycles. The Balaban J connectivity index is 1.99. The van der Waals surface area contributed by atoms with E-state index in [4.69, 9.17) is 4.74 Å². The van der Waals surface area contributed by atoms with Gasteiger partial charge in [-0.05, 0) is 74.4 Å². The van der Waals surface area contributed by atoms with E-state index in [1.165, 1.54) is 4.90 Å². The Morgan fingerprint density at radius 1 is 0.949 bits per heavy atom. The first-order valence-corrected chi connectivity index (χ1v) is 14.1. The summed E-state index contributed by atoms with van der Waals surface area (Å²) in [5.41, 5.74) is 0.997. The number of para-hydroxylation sites is 1. The first kappa shape index (κ1) is 29.6. The van der Waals surface area contributed by atoms with E-state index in [1.807, 2.05) is 13.8 Å². The van der Waals surface area contributed by atoms with Crippen molar-refractivity contribution in [3.8, 4) is 5.75 Å². The first-order chi connectivity index (χ1) is 18.6. The van der Waals surface area contributed by atoms with Gasteiger partial charge in [-0.25, -0.2) is 12.8 Å². The Morgan fingerprint density at radius 3 is 2.13 bits per heavy atom. The van der Waals surface area contributed by atoms with Crippen LogP contribution in [0, 0.1) is 5.82 Å². The Bertz CT molecular complexity index is 1350. The summed E-state index contributed by atoms with van der Waals surface area (Å²) in [5.74, 6) is -0.867. The van der Waals surface area contributed by atoms with E-state index in [0.717, 1.165) is 34.1 Å². The number of benzene rings is 3. The standard InChI is InChI=1S/C29H34FN3O5S/c1-5-21(2)31-29(35)22(3)32(19-23-11-15-26(38-4)16-12-23)28(34)20-33(25-9-7-6-8-10-25)39(36,37)27-17-13-24(30)14-18-27/h6-18,21-22H,5,19-20H2,1-4H3,(H,31,35)/t21-,22+/m1/s1. The smallest absolute Gasteiger partial charge is 0.264 e. The summed E-state index contributed by atoms with van der Waals surface area (Å²) in [4.78, 5) is 28.1. The highest BCUT2D eigenvalue weighted by Crippen LogP contribution is 2.25. The fourth-order valence-corrected chi connectivity index (χ4v) is 5.25. The number of sulfonamides is 1. The van der Waals surface area contributed by atoms with Crippen LogP contribution in [0.5, 0.6) is 5.75 Å². The van der Waals surface area contributed by atoms with Crippen LogP contribution < -0.4 is 14.4 Å². The number of carbonyl (C=O) groups is 2.